The molecule has 0 aliphatic rings. The van der Waals surface area contributed by atoms with Crippen molar-refractivity contribution < 1.29 is 4.74 Å². The smallest absolute Gasteiger partial charge is 0.266 e. The Kier molecular flexibility index (Phi) is 4.69. The summed E-state index contributed by atoms with van der Waals surface area (Å²) in [5.74, 6) is 0.861. The summed E-state index contributed by atoms with van der Waals surface area (Å²) in [6.07, 6.45) is 0. The highest BCUT2D eigenvalue weighted by Gasteiger charge is 2.16. The Morgan fingerprint density at radius 2 is 1.86 bits per heavy atom. The summed E-state index contributed by atoms with van der Waals surface area (Å²) in [5.41, 5.74) is 2.97. The van der Waals surface area contributed by atoms with Gasteiger partial charge in [0.25, 0.3) is 5.56 Å². The first-order chi connectivity index (χ1) is 10.3. The molecule has 0 saturated heterocycles. The van der Waals surface area contributed by atoms with Gasteiger partial charge in [0.2, 0.25) is 0 Å². The van der Waals surface area contributed by atoms with E-state index in [1.165, 1.54) is 4.68 Å². The molecular formula is C18H24N2O2. The molecule has 0 saturated carbocycles. The average molecular weight is 300 g/mol. The molecule has 118 valence electrons. The van der Waals surface area contributed by atoms with Crippen LogP contribution in [0, 0.1) is 13.8 Å². The SMILES string of the molecule is Cc1ccc(C)c(OCCn2nc(C(C)(C)C)ccc2=O)c1. The lowest BCUT2D eigenvalue weighted by atomic mass is 9.92. The van der Waals surface area contributed by atoms with E-state index in [0.717, 1.165) is 22.6 Å². The van der Waals surface area contributed by atoms with E-state index >= 15 is 0 Å². The molecule has 4 nitrogen and oxygen atoms in total. The molecule has 2 aromatic rings. The maximum absolute atomic E-state index is 11.9. The van der Waals surface area contributed by atoms with E-state index in [9.17, 15) is 4.79 Å². The molecule has 0 aliphatic carbocycles. The number of rotatable bonds is 4. The van der Waals surface area contributed by atoms with Crippen LogP contribution in [0.4, 0.5) is 0 Å². The molecule has 0 radical (unpaired) electrons. The lowest BCUT2D eigenvalue weighted by Crippen LogP contribution is -2.28. The van der Waals surface area contributed by atoms with E-state index in [4.69, 9.17) is 4.74 Å². The van der Waals surface area contributed by atoms with Gasteiger partial charge in [0, 0.05) is 11.5 Å². The van der Waals surface area contributed by atoms with Crippen LogP contribution in [0.25, 0.3) is 0 Å². The zero-order valence-corrected chi connectivity index (χ0v) is 14.0. The number of aromatic nitrogens is 2. The van der Waals surface area contributed by atoms with Gasteiger partial charge >= 0.3 is 0 Å². The Morgan fingerprint density at radius 1 is 1.14 bits per heavy atom. The number of hydrogen-bond acceptors (Lipinski definition) is 3. The van der Waals surface area contributed by atoms with Crippen LogP contribution in [0.5, 0.6) is 5.75 Å². The van der Waals surface area contributed by atoms with Crippen LogP contribution in [0.1, 0.15) is 37.6 Å². The van der Waals surface area contributed by atoms with E-state index in [2.05, 4.69) is 31.9 Å². The van der Waals surface area contributed by atoms with Gasteiger partial charge in [-0.25, -0.2) is 4.68 Å². The molecule has 22 heavy (non-hydrogen) atoms. The van der Waals surface area contributed by atoms with Crippen molar-refractivity contribution in [1.29, 1.82) is 0 Å². The second-order valence-corrected chi connectivity index (χ2v) is 6.65. The van der Waals surface area contributed by atoms with Crippen LogP contribution in [0.15, 0.2) is 35.1 Å². The van der Waals surface area contributed by atoms with Gasteiger partial charge in [0.15, 0.2) is 0 Å². The Morgan fingerprint density at radius 3 is 2.55 bits per heavy atom. The van der Waals surface area contributed by atoms with Gasteiger partial charge in [0.05, 0.1) is 12.2 Å². The fraction of sp³-hybridized carbons (Fsp3) is 0.444. The van der Waals surface area contributed by atoms with Gasteiger partial charge in [-0.2, -0.15) is 5.10 Å². The Labute approximate surface area is 131 Å². The van der Waals surface area contributed by atoms with E-state index in [1.807, 2.05) is 26.0 Å². The normalized spacial score (nSPS) is 11.5. The van der Waals surface area contributed by atoms with Gasteiger partial charge < -0.3 is 4.74 Å². The van der Waals surface area contributed by atoms with Crippen LogP contribution in [-0.2, 0) is 12.0 Å². The molecule has 0 fully saturated rings. The second-order valence-electron chi connectivity index (χ2n) is 6.65. The first kappa shape index (κ1) is 16.3. The van der Waals surface area contributed by atoms with Gasteiger partial charge in [-0.15, -0.1) is 0 Å². The van der Waals surface area contributed by atoms with Crippen molar-refractivity contribution in [1.82, 2.24) is 9.78 Å². The second kappa shape index (κ2) is 6.34. The summed E-state index contributed by atoms with van der Waals surface area (Å²) < 4.78 is 7.28. The van der Waals surface area contributed by atoms with Crippen molar-refractivity contribution >= 4 is 0 Å². The highest BCUT2D eigenvalue weighted by molar-refractivity contribution is 5.35. The molecule has 4 heteroatoms. The molecule has 0 unspecified atom stereocenters. The van der Waals surface area contributed by atoms with Crippen molar-refractivity contribution in [2.24, 2.45) is 0 Å². The Hall–Kier alpha value is -2.10. The molecule has 2 rings (SSSR count). The molecule has 0 amide bonds. The van der Waals surface area contributed by atoms with Crippen molar-refractivity contribution in [3.8, 4) is 5.75 Å². The van der Waals surface area contributed by atoms with Crippen molar-refractivity contribution in [3.05, 3.63) is 57.5 Å². The summed E-state index contributed by atoms with van der Waals surface area (Å²) >= 11 is 0. The fourth-order valence-electron chi connectivity index (χ4n) is 2.11. The van der Waals surface area contributed by atoms with Crippen LogP contribution < -0.4 is 10.3 Å². The molecular weight excluding hydrogens is 276 g/mol. The first-order valence-corrected chi connectivity index (χ1v) is 7.56. The molecule has 1 heterocycles. The summed E-state index contributed by atoms with van der Waals surface area (Å²) in [5, 5.41) is 4.44. The molecule has 0 aliphatic heterocycles. The molecule has 0 N–H and O–H groups in total. The first-order valence-electron chi connectivity index (χ1n) is 7.56. The maximum atomic E-state index is 11.9. The fourth-order valence-corrected chi connectivity index (χ4v) is 2.11. The van der Waals surface area contributed by atoms with Crippen LogP contribution in [-0.4, -0.2) is 16.4 Å². The monoisotopic (exact) mass is 300 g/mol. The minimum absolute atomic E-state index is 0.0799. The average Bonchev–Trinajstić information content (AvgIpc) is 2.43. The zero-order valence-electron chi connectivity index (χ0n) is 14.0. The van der Waals surface area contributed by atoms with E-state index < -0.39 is 0 Å². The van der Waals surface area contributed by atoms with Crippen molar-refractivity contribution in [2.75, 3.05) is 6.61 Å². The van der Waals surface area contributed by atoms with E-state index in [1.54, 1.807) is 12.1 Å². The summed E-state index contributed by atoms with van der Waals surface area (Å²) in [7, 11) is 0. The topological polar surface area (TPSA) is 44.1 Å². The Bertz CT molecular complexity index is 712. The number of ether oxygens (including phenoxy) is 1. The number of hydrogen-bond donors (Lipinski definition) is 0. The van der Waals surface area contributed by atoms with E-state index in [-0.39, 0.29) is 11.0 Å². The predicted molar refractivity (Wildman–Crippen MR) is 88.6 cm³/mol. The van der Waals surface area contributed by atoms with E-state index in [0.29, 0.717) is 13.2 Å². The third kappa shape index (κ3) is 3.97. The van der Waals surface area contributed by atoms with Gasteiger partial charge in [-0.05, 0) is 37.1 Å². The number of benzene rings is 1. The predicted octanol–water partition coefficient (Wildman–Crippen LogP) is 3.24. The minimum atomic E-state index is -0.0995. The molecule has 1 aromatic heterocycles. The highest BCUT2D eigenvalue weighted by atomic mass is 16.5. The number of aryl methyl sites for hydroxylation is 2. The van der Waals surface area contributed by atoms with Gasteiger partial charge in [-0.1, -0.05) is 32.9 Å². The molecule has 0 atom stereocenters. The Balaban J connectivity index is 2.09. The highest BCUT2D eigenvalue weighted by Crippen LogP contribution is 2.19. The maximum Gasteiger partial charge on any atom is 0.266 e. The molecule has 0 spiro atoms. The number of nitrogens with zero attached hydrogens (tertiary/aromatic N) is 2. The van der Waals surface area contributed by atoms with Crippen molar-refractivity contribution in [2.45, 2.75) is 46.6 Å². The quantitative estimate of drug-likeness (QED) is 0.870. The van der Waals surface area contributed by atoms with Crippen LogP contribution in [0.2, 0.25) is 0 Å². The largest absolute Gasteiger partial charge is 0.491 e. The van der Waals surface area contributed by atoms with Gasteiger partial charge in [0.1, 0.15) is 12.4 Å². The van der Waals surface area contributed by atoms with Crippen LogP contribution in [0.3, 0.4) is 0 Å². The van der Waals surface area contributed by atoms with Crippen LogP contribution >= 0.6 is 0 Å². The lowest BCUT2D eigenvalue weighted by molar-refractivity contribution is 0.284. The zero-order chi connectivity index (χ0) is 16.3. The third-order valence-corrected chi connectivity index (χ3v) is 3.54. The third-order valence-electron chi connectivity index (χ3n) is 3.54. The van der Waals surface area contributed by atoms with Crippen molar-refractivity contribution in [3.63, 3.8) is 0 Å². The summed E-state index contributed by atoms with van der Waals surface area (Å²) in [6, 6.07) is 9.48. The summed E-state index contributed by atoms with van der Waals surface area (Å²) in [6.45, 7) is 11.1. The lowest BCUT2D eigenvalue weighted by Gasteiger charge is -2.18. The summed E-state index contributed by atoms with van der Waals surface area (Å²) in [4.78, 5) is 11.9. The van der Waals surface area contributed by atoms with Gasteiger partial charge in [-0.3, -0.25) is 4.79 Å². The molecule has 1 aromatic carbocycles. The minimum Gasteiger partial charge on any atom is -0.491 e. The molecule has 0 bridgehead atoms. The standard InChI is InChI=1S/C18H24N2O2/c1-13-6-7-14(2)15(12-13)22-11-10-20-17(21)9-8-16(19-20)18(3,4)5/h6-9,12H,10-11H2,1-5H3.